The summed E-state index contributed by atoms with van der Waals surface area (Å²) in [6.45, 7) is 2.24. The number of rotatable bonds is 3. The van der Waals surface area contributed by atoms with Crippen molar-refractivity contribution in [2.24, 2.45) is 5.92 Å². The third kappa shape index (κ3) is 2.40. The molecule has 2 aromatic rings. The molecule has 0 radical (unpaired) electrons. The Morgan fingerprint density at radius 1 is 1.40 bits per heavy atom. The van der Waals surface area contributed by atoms with Gasteiger partial charge in [-0.1, -0.05) is 36.2 Å². The molecule has 3 rings (SSSR count). The van der Waals surface area contributed by atoms with Gasteiger partial charge in [0.1, 0.15) is 0 Å². The molecule has 2 N–H and O–H groups in total. The zero-order valence-electron chi connectivity index (χ0n) is 11.5. The molecule has 106 valence electrons. The van der Waals surface area contributed by atoms with E-state index in [1.54, 1.807) is 18.2 Å². The van der Waals surface area contributed by atoms with Crippen LogP contribution in [0.15, 0.2) is 22.7 Å². The molecular weight excluding hydrogens is 274 g/mol. The topological polar surface area (TPSA) is 64.9 Å². The minimum Gasteiger partial charge on any atom is -0.398 e. The second-order valence-electron chi connectivity index (χ2n) is 5.45. The van der Waals surface area contributed by atoms with Gasteiger partial charge >= 0.3 is 0 Å². The summed E-state index contributed by atoms with van der Waals surface area (Å²) in [5.41, 5.74) is 7.15. The summed E-state index contributed by atoms with van der Waals surface area (Å²) in [4.78, 5) is 4.51. The van der Waals surface area contributed by atoms with E-state index in [9.17, 15) is 0 Å². The minimum absolute atomic E-state index is 0.404. The highest BCUT2D eigenvalue weighted by Gasteiger charge is 2.29. The van der Waals surface area contributed by atoms with Crippen molar-refractivity contribution in [3.8, 4) is 11.5 Å². The molecule has 0 bridgehead atoms. The summed E-state index contributed by atoms with van der Waals surface area (Å²) in [6.07, 6.45) is 4.75. The van der Waals surface area contributed by atoms with E-state index in [0.717, 1.165) is 24.6 Å². The minimum atomic E-state index is 0.404. The number of hydrogen-bond donors (Lipinski definition) is 1. The second kappa shape index (κ2) is 5.44. The molecule has 1 aliphatic carbocycles. The summed E-state index contributed by atoms with van der Waals surface area (Å²) in [5.74, 6) is 2.40. The van der Waals surface area contributed by atoms with Gasteiger partial charge in [0.05, 0.1) is 10.6 Å². The number of anilines is 1. The van der Waals surface area contributed by atoms with E-state index in [1.165, 1.54) is 12.8 Å². The van der Waals surface area contributed by atoms with Crippen LogP contribution in [0.5, 0.6) is 0 Å². The predicted octanol–water partition coefficient (Wildman–Crippen LogP) is 4.27. The standard InChI is InChI=1S/C15H18ClN3O/c1-2-9-6-7-10(8-9)14-18-15(20-19-14)13-11(16)4-3-5-12(13)17/h3-5,9-10H,2,6-8,17H2,1H3. The van der Waals surface area contributed by atoms with Gasteiger partial charge in [0.2, 0.25) is 0 Å². The molecule has 1 aromatic carbocycles. The number of halogens is 1. The van der Waals surface area contributed by atoms with E-state index in [2.05, 4.69) is 17.1 Å². The molecule has 20 heavy (non-hydrogen) atoms. The lowest BCUT2D eigenvalue weighted by atomic mass is 10.0. The van der Waals surface area contributed by atoms with Crippen molar-refractivity contribution in [1.82, 2.24) is 10.1 Å². The maximum absolute atomic E-state index is 6.17. The van der Waals surface area contributed by atoms with Gasteiger partial charge in [0.25, 0.3) is 5.89 Å². The Morgan fingerprint density at radius 3 is 2.95 bits per heavy atom. The van der Waals surface area contributed by atoms with Crippen LogP contribution in [0.25, 0.3) is 11.5 Å². The number of hydrogen-bond acceptors (Lipinski definition) is 4. The van der Waals surface area contributed by atoms with Gasteiger partial charge in [-0.2, -0.15) is 4.98 Å². The van der Waals surface area contributed by atoms with Gasteiger partial charge in [0.15, 0.2) is 5.82 Å². The monoisotopic (exact) mass is 291 g/mol. The lowest BCUT2D eigenvalue weighted by Gasteiger charge is -2.04. The molecule has 2 atom stereocenters. The smallest absolute Gasteiger partial charge is 0.261 e. The van der Waals surface area contributed by atoms with E-state index < -0.39 is 0 Å². The molecule has 5 heteroatoms. The Labute approximate surface area is 123 Å². The van der Waals surface area contributed by atoms with E-state index in [4.69, 9.17) is 21.9 Å². The van der Waals surface area contributed by atoms with Gasteiger partial charge in [-0.25, -0.2) is 0 Å². The van der Waals surface area contributed by atoms with Crippen molar-refractivity contribution in [2.45, 2.75) is 38.5 Å². The van der Waals surface area contributed by atoms with Crippen LogP contribution in [-0.2, 0) is 0 Å². The maximum atomic E-state index is 6.17. The highest BCUT2D eigenvalue weighted by molar-refractivity contribution is 6.33. The molecule has 1 saturated carbocycles. The third-order valence-corrected chi connectivity index (χ3v) is 4.50. The van der Waals surface area contributed by atoms with Crippen LogP contribution in [0.1, 0.15) is 44.3 Å². The Bertz CT molecular complexity index is 591. The van der Waals surface area contributed by atoms with Crippen molar-refractivity contribution in [3.63, 3.8) is 0 Å². The van der Waals surface area contributed by atoms with Crippen molar-refractivity contribution >= 4 is 17.3 Å². The Hall–Kier alpha value is -1.55. The molecule has 1 heterocycles. The van der Waals surface area contributed by atoms with E-state index >= 15 is 0 Å². The number of nitrogens with zero attached hydrogens (tertiary/aromatic N) is 2. The van der Waals surface area contributed by atoms with Crippen LogP contribution in [-0.4, -0.2) is 10.1 Å². The van der Waals surface area contributed by atoms with Crippen LogP contribution in [0.2, 0.25) is 5.02 Å². The van der Waals surface area contributed by atoms with Crippen molar-refractivity contribution in [3.05, 3.63) is 29.0 Å². The summed E-state index contributed by atoms with van der Waals surface area (Å²) in [5, 5.41) is 4.67. The molecule has 1 aliphatic rings. The highest BCUT2D eigenvalue weighted by atomic mass is 35.5. The fourth-order valence-corrected chi connectivity index (χ4v) is 3.21. The SMILES string of the molecule is CCC1CCC(c2noc(-c3c(N)cccc3Cl)n2)C1. The van der Waals surface area contributed by atoms with Crippen molar-refractivity contribution < 1.29 is 4.52 Å². The maximum Gasteiger partial charge on any atom is 0.261 e. The van der Waals surface area contributed by atoms with Gasteiger partial charge in [-0.3, -0.25) is 0 Å². The first-order valence-corrected chi connectivity index (χ1v) is 7.44. The van der Waals surface area contributed by atoms with Gasteiger partial charge in [-0.05, 0) is 37.3 Å². The lowest BCUT2D eigenvalue weighted by Crippen LogP contribution is -1.97. The highest BCUT2D eigenvalue weighted by Crippen LogP contribution is 2.40. The lowest BCUT2D eigenvalue weighted by molar-refractivity contribution is 0.414. The third-order valence-electron chi connectivity index (χ3n) is 4.19. The summed E-state index contributed by atoms with van der Waals surface area (Å²) in [6, 6.07) is 5.37. The average molecular weight is 292 g/mol. The fourth-order valence-electron chi connectivity index (χ4n) is 2.95. The van der Waals surface area contributed by atoms with Gasteiger partial charge in [-0.15, -0.1) is 0 Å². The summed E-state index contributed by atoms with van der Waals surface area (Å²) >= 11 is 6.17. The Kier molecular flexibility index (Phi) is 3.66. The molecule has 4 nitrogen and oxygen atoms in total. The van der Waals surface area contributed by atoms with Crippen LogP contribution < -0.4 is 5.73 Å². The first kappa shape index (κ1) is 13.4. The molecular formula is C15H18ClN3O. The zero-order chi connectivity index (χ0) is 14.1. The van der Waals surface area contributed by atoms with Gasteiger partial charge in [0, 0.05) is 11.6 Å². The fraction of sp³-hybridized carbons (Fsp3) is 0.467. The predicted molar refractivity (Wildman–Crippen MR) is 79.5 cm³/mol. The molecule has 2 unspecified atom stereocenters. The molecule has 1 fully saturated rings. The van der Waals surface area contributed by atoms with Crippen molar-refractivity contribution in [1.29, 1.82) is 0 Å². The molecule has 0 amide bonds. The Morgan fingerprint density at radius 2 is 2.25 bits per heavy atom. The Balaban J connectivity index is 1.87. The van der Waals surface area contributed by atoms with Gasteiger partial charge < -0.3 is 10.3 Å². The largest absolute Gasteiger partial charge is 0.398 e. The van der Waals surface area contributed by atoms with Crippen molar-refractivity contribution in [2.75, 3.05) is 5.73 Å². The molecule has 1 aromatic heterocycles. The summed E-state index contributed by atoms with van der Waals surface area (Å²) < 4.78 is 5.37. The molecule has 0 aliphatic heterocycles. The number of aromatic nitrogens is 2. The average Bonchev–Trinajstić information content (AvgIpc) is 3.06. The molecule has 0 saturated heterocycles. The first-order chi connectivity index (χ1) is 9.69. The summed E-state index contributed by atoms with van der Waals surface area (Å²) in [7, 11) is 0. The zero-order valence-corrected chi connectivity index (χ0v) is 12.2. The van der Waals surface area contributed by atoms with Crippen LogP contribution in [0.3, 0.4) is 0 Å². The molecule has 0 spiro atoms. The van der Waals surface area contributed by atoms with E-state index in [0.29, 0.717) is 28.1 Å². The number of nitrogen functional groups attached to an aromatic ring is 1. The first-order valence-electron chi connectivity index (χ1n) is 7.07. The van der Waals surface area contributed by atoms with Crippen LogP contribution in [0, 0.1) is 5.92 Å². The second-order valence-corrected chi connectivity index (χ2v) is 5.85. The number of benzene rings is 1. The van der Waals surface area contributed by atoms with Crippen LogP contribution >= 0.6 is 11.6 Å². The van der Waals surface area contributed by atoms with E-state index in [-0.39, 0.29) is 0 Å². The van der Waals surface area contributed by atoms with E-state index in [1.807, 2.05) is 0 Å². The van der Waals surface area contributed by atoms with Crippen LogP contribution in [0.4, 0.5) is 5.69 Å². The number of nitrogens with two attached hydrogens (primary N) is 1. The quantitative estimate of drug-likeness (QED) is 0.858. The normalized spacial score (nSPS) is 22.3.